The minimum atomic E-state index is -0.385. The molecule has 1 saturated heterocycles. The molecule has 0 saturated carbocycles. The highest BCUT2D eigenvalue weighted by molar-refractivity contribution is 7.14. The lowest BCUT2D eigenvalue weighted by Crippen LogP contribution is -2.53. The first-order valence-electron chi connectivity index (χ1n) is 6.22. The molecule has 0 spiro atoms. The van der Waals surface area contributed by atoms with E-state index in [0.717, 1.165) is 5.56 Å². The van der Waals surface area contributed by atoms with Gasteiger partial charge in [0.2, 0.25) is 0 Å². The minimum Gasteiger partial charge on any atom is -0.389 e. The maximum Gasteiger partial charge on any atom is 0.265 e. The number of likely N-dealkylation sites (tertiary alicyclic amines) is 1. The number of hydrogen-bond donors (Lipinski definition) is 1. The van der Waals surface area contributed by atoms with Gasteiger partial charge in [0.25, 0.3) is 5.91 Å². The second-order valence-electron chi connectivity index (χ2n) is 4.51. The summed E-state index contributed by atoms with van der Waals surface area (Å²) in [4.78, 5) is 18.3. The number of nitrogens with zero attached hydrogens (tertiary/aromatic N) is 2. The zero-order valence-electron chi connectivity index (χ0n) is 10.6. The molecule has 0 unspecified atom stereocenters. The van der Waals surface area contributed by atoms with Gasteiger partial charge in [0.15, 0.2) is 5.01 Å². The van der Waals surface area contributed by atoms with Crippen LogP contribution >= 0.6 is 11.3 Å². The van der Waals surface area contributed by atoms with Crippen LogP contribution in [-0.2, 0) is 0 Å². The fraction of sp³-hybridized carbons (Fsp3) is 0.200. The van der Waals surface area contributed by atoms with Gasteiger partial charge >= 0.3 is 0 Å². The van der Waals surface area contributed by atoms with Crippen LogP contribution in [0.15, 0.2) is 36.5 Å². The van der Waals surface area contributed by atoms with Gasteiger partial charge in [0.1, 0.15) is 4.88 Å². The van der Waals surface area contributed by atoms with Gasteiger partial charge in [-0.05, 0) is 18.1 Å². The van der Waals surface area contributed by atoms with E-state index in [0.29, 0.717) is 23.0 Å². The maximum atomic E-state index is 12.0. The van der Waals surface area contributed by atoms with Crippen LogP contribution in [0.2, 0.25) is 0 Å². The molecule has 1 aromatic heterocycles. The number of aliphatic hydroxyl groups excluding tert-OH is 1. The fourth-order valence-electron chi connectivity index (χ4n) is 1.85. The molecule has 20 heavy (non-hydrogen) atoms. The van der Waals surface area contributed by atoms with Gasteiger partial charge in [-0.15, -0.1) is 11.3 Å². The number of rotatable bonds is 1. The number of thiazole rings is 1. The first kappa shape index (κ1) is 12.9. The van der Waals surface area contributed by atoms with E-state index < -0.39 is 0 Å². The van der Waals surface area contributed by atoms with Crippen molar-refractivity contribution in [1.29, 1.82) is 0 Å². The van der Waals surface area contributed by atoms with Gasteiger partial charge in [-0.1, -0.05) is 24.1 Å². The summed E-state index contributed by atoms with van der Waals surface area (Å²) < 4.78 is 0. The predicted molar refractivity (Wildman–Crippen MR) is 76.4 cm³/mol. The van der Waals surface area contributed by atoms with Crippen LogP contribution in [0, 0.1) is 11.8 Å². The van der Waals surface area contributed by atoms with E-state index in [4.69, 9.17) is 0 Å². The molecule has 4 nitrogen and oxygen atoms in total. The van der Waals surface area contributed by atoms with Crippen molar-refractivity contribution in [2.75, 3.05) is 13.1 Å². The Kier molecular flexibility index (Phi) is 3.50. The number of aliphatic hydroxyl groups is 1. The molecule has 2 aromatic rings. The van der Waals surface area contributed by atoms with E-state index >= 15 is 0 Å². The summed E-state index contributed by atoms with van der Waals surface area (Å²) in [7, 11) is 0. The van der Waals surface area contributed by atoms with Gasteiger partial charge < -0.3 is 10.0 Å². The third-order valence-corrected chi connectivity index (χ3v) is 3.85. The number of aromatic nitrogens is 1. The molecule has 0 aliphatic carbocycles. The van der Waals surface area contributed by atoms with Gasteiger partial charge in [0.05, 0.1) is 12.3 Å². The van der Waals surface area contributed by atoms with Crippen LogP contribution in [0.3, 0.4) is 0 Å². The quantitative estimate of drug-likeness (QED) is 0.805. The minimum absolute atomic E-state index is 0.0828. The second-order valence-corrected chi connectivity index (χ2v) is 5.54. The number of amides is 1. The fourth-order valence-corrected chi connectivity index (χ4v) is 2.59. The second kappa shape index (κ2) is 5.45. The highest BCUT2D eigenvalue weighted by Gasteiger charge is 2.30. The molecule has 0 bridgehead atoms. The first-order chi connectivity index (χ1) is 9.72. The molecule has 1 aliphatic heterocycles. The number of carbonyl (C=O) groups excluding carboxylic acids is 1. The number of hydrogen-bond acceptors (Lipinski definition) is 4. The van der Waals surface area contributed by atoms with Crippen molar-refractivity contribution < 1.29 is 9.90 Å². The van der Waals surface area contributed by atoms with Crippen molar-refractivity contribution >= 4 is 17.2 Å². The number of benzene rings is 1. The normalized spacial score (nSPS) is 14.3. The van der Waals surface area contributed by atoms with Crippen molar-refractivity contribution in [3.05, 3.63) is 52.0 Å². The summed E-state index contributed by atoms with van der Waals surface area (Å²) in [6.45, 7) is 0.809. The van der Waals surface area contributed by atoms with Crippen molar-refractivity contribution in [2.24, 2.45) is 0 Å². The van der Waals surface area contributed by atoms with Crippen LogP contribution in [0.25, 0.3) is 0 Å². The van der Waals surface area contributed by atoms with Crippen LogP contribution in [0.4, 0.5) is 0 Å². The lowest BCUT2D eigenvalue weighted by atomic mass is 10.1. The van der Waals surface area contributed by atoms with E-state index in [9.17, 15) is 9.90 Å². The van der Waals surface area contributed by atoms with E-state index in [-0.39, 0.29) is 12.0 Å². The monoisotopic (exact) mass is 284 g/mol. The zero-order valence-corrected chi connectivity index (χ0v) is 11.4. The Hall–Kier alpha value is -2.16. The summed E-state index contributed by atoms with van der Waals surface area (Å²) in [6.07, 6.45) is 1.16. The Balaban J connectivity index is 1.71. The molecule has 2 heterocycles. The summed E-state index contributed by atoms with van der Waals surface area (Å²) in [5.41, 5.74) is 0.918. The zero-order chi connectivity index (χ0) is 13.9. The molecule has 1 fully saturated rings. The molecule has 1 amide bonds. The van der Waals surface area contributed by atoms with Crippen molar-refractivity contribution in [3.63, 3.8) is 0 Å². The van der Waals surface area contributed by atoms with E-state index in [1.807, 2.05) is 30.3 Å². The van der Waals surface area contributed by atoms with Crippen LogP contribution in [0.5, 0.6) is 0 Å². The summed E-state index contributed by atoms with van der Waals surface area (Å²) in [5.74, 6) is 5.88. The molecular weight excluding hydrogens is 272 g/mol. The number of carbonyl (C=O) groups is 1. The first-order valence-corrected chi connectivity index (χ1v) is 7.04. The Morgan fingerprint density at radius 1 is 1.30 bits per heavy atom. The smallest absolute Gasteiger partial charge is 0.265 e. The predicted octanol–water partition coefficient (Wildman–Crippen LogP) is 1.36. The third-order valence-electron chi connectivity index (χ3n) is 2.95. The lowest BCUT2D eigenvalue weighted by molar-refractivity contribution is 0.00621. The Bertz CT molecular complexity index is 679. The SMILES string of the molecule is O=C(c1cnc(C#Cc2ccccc2)s1)N1CC(O)C1. The van der Waals surface area contributed by atoms with Gasteiger partial charge in [-0.3, -0.25) is 4.79 Å². The van der Waals surface area contributed by atoms with Gasteiger partial charge in [0, 0.05) is 18.7 Å². The largest absolute Gasteiger partial charge is 0.389 e. The highest BCUT2D eigenvalue weighted by atomic mass is 32.1. The summed E-state index contributed by atoms with van der Waals surface area (Å²) >= 11 is 1.28. The average molecular weight is 284 g/mol. The van der Waals surface area contributed by atoms with Crippen molar-refractivity contribution in [1.82, 2.24) is 9.88 Å². The molecule has 0 atom stereocenters. The molecule has 1 N–H and O–H groups in total. The number of β-amino-alcohol motifs (C(OH)–C–C–N with tert-alkyl or cyclic N) is 1. The van der Waals surface area contributed by atoms with E-state index in [1.54, 1.807) is 11.1 Å². The van der Waals surface area contributed by atoms with Crippen LogP contribution in [0.1, 0.15) is 20.2 Å². The molecule has 3 rings (SSSR count). The third kappa shape index (κ3) is 2.72. The summed E-state index contributed by atoms with van der Waals surface area (Å²) in [6, 6.07) is 9.64. The molecule has 100 valence electrons. The topological polar surface area (TPSA) is 53.4 Å². The Morgan fingerprint density at radius 2 is 2.05 bits per heavy atom. The Morgan fingerprint density at radius 3 is 2.75 bits per heavy atom. The lowest BCUT2D eigenvalue weighted by Gasteiger charge is -2.35. The van der Waals surface area contributed by atoms with Crippen molar-refractivity contribution in [2.45, 2.75) is 6.10 Å². The van der Waals surface area contributed by atoms with Crippen molar-refractivity contribution in [3.8, 4) is 11.8 Å². The maximum absolute atomic E-state index is 12.0. The molecule has 0 radical (unpaired) electrons. The van der Waals surface area contributed by atoms with Crippen LogP contribution in [-0.4, -0.2) is 40.1 Å². The molecular formula is C15H12N2O2S. The molecule has 1 aromatic carbocycles. The van der Waals surface area contributed by atoms with Gasteiger partial charge in [-0.25, -0.2) is 4.98 Å². The molecule has 5 heteroatoms. The highest BCUT2D eigenvalue weighted by Crippen LogP contribution is 2.18. The van der Waals surface area contributed by atoms with E-state index in [1.165, 1.54) is 11.3 Å². The average Bonchev–Trinajstić information content (AvgIpc) is 2.91. The van der Waals surface area contributed by atoms with Crippen LogP contribution < -0.4 is 0 Å². The van der Waals surface area contributed by atoms with E-state index in [2.05, 4.69) is 16.8 Å². The Labute approximate surface area is 120 Å². The standard InChI is InChI=1S/C15H12N2O2S/c18-12-9-17(10-12)15(19)13-8-16-14(20-13)7-6-11-4-2-1-3-5-11/h1-5,8,12,18H,9-10H2. The van der Waals surface area contributed by atoms with Gasteiger partial charge in [-0.2, -0.15) is 0 Å². The molecule has 1 aliphatic rings. The summed E-state index contributed by atoms with van der Waals surface area (Å²) in [5, 5.41) is 9.82.